The molecular formula is C15H14N2O3. The van der Waals surface area contributed by atoms with Crippen molar-refractivity contribution in [3.63, 3.8) is 0 Å². The molecule has 102 valence electrons. The number of fused-ring (bicyclic) bond motifs is 1. The first-order valence-electron chi connectivity index (χ1n) is 6.22. The molecule has 5 nitrogen and oxygen atoms in total. The first-order chi connectivity index (χ1) is 9.69. The summed E-state index contributed by atoms with van der Waals surface area (Å²) in [5.74, 6) is 0.767. The molecule has 2 aromatic heterocycles. The summed E-state index contributed by atoms with van der Waals surface area (Å²) in [6.45, 7) is 0.425. The molecule has 0 fully saturated rings. The van der Waals surface area contributed by atoms with Crippen LogP contribution in [0.2, 0.25) is 0 Å². The Morgan fingerprint density at radius 1 is 1.20 bits per heavy atom. The van der Waals surface area contributed by atoms with E-state index in [4.69, 9.17) is 4.74 Å². The monoisotopic (exact) mass is 270 g/mol. The number of aromatic nitrogens is 2. The van der Waals surface area contributed by atoms with Gasteiger partial charge in [0.1, 0.15) is 17.0 Å². The lowest BCUT2D eigenvalue weighted by Gasteiger charge is -2.11. The number of hydrogen-bond acceptors (Lipinski definition) is 3. The summed E-state index contributed by atoms with van der Waals surface area (Å²) >= 11 is 0. The van der Waals surface area contributed by atoms with Crippen LogP contribution in [0.5, 0.6) is 11.5 Å². The summed E-state index contributed by atoms with van der Waals surface area (Å²) in [6.07, 6.45) is 1.75. The minimum absolute atomic E-state index is 0.00835. The molecule has 0 aliphatic heterocycles. The van der Waals surface area contributed by atoms with Crippen molar-refractivity contribution in [1.29, 1.82) is 0 Å². The van der Waals surface area contributed by atoms with E-state index in [1.807, 2.05) is 24.3 Å². The number of hydrogen-bond donors (Lipinski definition) is 1. The van der Waals surface area contributed by atoms with Crippen LogP contribution >= 0.6 is 0 Å². The second kappa shape index (κ2) is 4.77. The molecule has 0 aliphatic carbocycles. The summed E-state index contributed by atoms with van der Waals surface area (Å²) < 4.78 is 8.33. The highest BCUT2D eigenvalue weighted by Gasteiger charge is 2.07. The van der Waals surface area contributed by atoms with E-state index in [1.165, 1.54) is 6.07 Å². The van der Waals surface area contributed by atoms with Crippen LogP contribution in [0.4, 0.5) is 0 Å². The molecule has 5 heteroatoms. The minimum Gasteiger partial charge on any atom is -0.505 e. The van der Waals surface area contributed by atoms with E-state index in [-0.39, 0.29) is 11.3 Å². The van der Waals surface area contributed by atoms with Crippen molar-refractivity contribution in [3.05, 3.63) is 64.6 Å². The van der Waals surface area contributed by atoms with Crippen LogP contribution in [-0.4, -0.2) is 21.4 Å². The Morgan fingerprint density at radius 3 is 2.65 bits per heavy atom. The summed E-state index contributed by atoms with van der Waals surface area (Å²) in [5.41, 5.74) is 1.34. The van der Waals surface area contributed by atoms with Gasteiger partial charge in [-0.3, -0.25) is 9.31 Å². The third-order valence-corrected chi connectivity index (χ3v) is 3.26. The van der Waals surface area contributed by atoms with E-state index in [2.05, 4.69) is 0 Å². The van der Waals surface area contributed by atoms with Gasteiger partial charge in [-0.15, -0.1) is 0 Å². The molecular weight excluding hydrogens is 256 g/mol. The van der Waals surface area contributed by atoms with Crippen molar-refractivity contribution < 1.29 is 9.84 Å². The number of aromatic hydroxyl groups is 1. The van der Waals surface area contributed by atoms with Crippen molar-refractivity contribution >= 4 is 5.52 Å². The van der Waals surface area contributed by atoms with Gasteiger partial charge < -0.3 is 9.84 Å². The molecule has 0 bridgehead atoms. The van der Waals surface area contributed by atoms with Gasteiger partial charge in [-0.1, -0.05) is 12.1 Å². The lowest BCUT2D eigenvalue weighted by atomic mass is 10.2. The van der Waals surface area contributed by atoms with Gasteiger partial charge in [0.05, 0.1) is 13.7 Å². The standard InChI is InChI=1S/C15H14N2O3/c1-20-12-6-4-11(5-7-12)10-17-15(19)9-14(18)13-3-2-8-16(13)17/h2-9,18H,10H2,1H3. The number of methoxy groups -OCH3 is 1. The molecule has 0 unspecified atom stereocenters. The van der Waals surface area contributed by atoms with Crippen LogP contribution in [0.3, 0.4) is 0 Å². The Balaban J connectivity index is 2.05. The minimum atomic E-state index is -0.248. The lowest BCUT2D eigenvalue weighted by Crippen LogP contribution is -2.25. The maximum Gasteiger partial charge on any atom is 0.269 e. The molecule has 0 atom stereocenters. The average Bonchev–Trinajstić information content (AvgIpc) is 2.94. The zero-order chi connectivity index (χ0) is 14.1. The molecule has 0 saturated heterocycles. The van der Waals surface area contributed by atoms with Crippen molar-refractivity contribution in [3.8, 4) is 11.5 Å². The van der Waals surface area contributed by atoms with Gasteiger partial charge in [-0.25, -0.2) is 4.68 Å². The summed E-state index contributed by atoms with van der Waals surface area (Å²) in [4.78, 5) is 12.0. The van der Waals surface area contributed by atoms with Gasteiger partial charge in [0.25, 0.3) is 5.56 Å². The zero-order valence-electron chi connectivity index (χ0n) is 11.0. The maximum atomic E-state index is 12.0. The van der Waals surface area contributed by atoms with Crippen LogP contribution in [0.25, 0.3) is 5.52 Å². The summed E-state index contributed by atoms with van der Waals surface area (Å²) in [7, 11) is 1.61. The molecule has 1 N–H and O–H groups in total. The Hall–Kier alpha value is -2.69. The molecule has 2 heterocycles. The number of ether oxygens (including phenoxy) is 1. The molecule has 3 rings (SSSR count). The average molecular weight is 270 g/mol. The van der Waals surface area contributed by atoms with Crippen LogP contribution in [0.15, 0.2) is 53.5 Å². The fourth-order valence-electron chi connectivity index (χ4n) is 2.22. The van der Waals surface area contributed by atoms with Crippen molar-refractivity contribution in [2.24, 2.45) is 0 Å². The first kappa shape index (κ1) is 12.3. The van der Waals surface area contributed by atoms with E-state index in [9.17, 15) is 9.90 Å². The molecule has 0 saturated carbocycles. The first-order valence-corrected chi connectivity index (χ1v) is 6.22. The molecule has 0 amide bonds. The predicted octanol–water partition coefficient (Wildman–Crippen LogP) is 1.86. The normalized spacial score (nSPS) is 10.8. The lowest BCUT2D eigenvalue weighted by molar-refractivity contribution is 0.414. The fourth-order valence-corrected chi connectivity index (χ4v) is 2.22. The van der Waals surface area contributed by atoms with E-state index in [1.54, 1.807) is 34.6 Å². The van der Waals surface area contributed by atoms with Gasteiger partial charge >= 0.3 is 0 Å². The van der Waals surface area contributed by atoms with E-state index < -0.39 is 0 Å². The molecule has 1 aromatic carbocycles. The predicted molar refractivity (Wildman–Crippen MR) is 75.4 cm³/mol. The van der Waals surface area contributed by atoms with E-state index in [0.29, 0.717) is 12.1 Å². The van der Waals surface area contributed by atoms with Gasteiger partial charge in [-0.05, 0) is 29.8 Å². The number of nitrogens with zero attached hydrogens (tertiary/aromatic N) is 2. The Morgan fingerprint density at radius 2 is 1.95 bits per heavy atom. The third-order valence-electron chi connectivity index (χ3n) is 3.26. The van der Waals surface area contributed by atoms with Crippen LogP contribution < -0.4 is 10.3 Å². The second-order valence-electron chi connectivity index (χ2n) is 4.51. The van der Waals surface area contributed by atoms with Crippen LogP contribution in [-0.2, 0) is 6.54 Å². The largest absolute Gasteiger partial charge is 0.505 e. The molecule has 20 heavy (non-hydrogen) atoms. The SMILES string of the molecule is COc1ccc(Cn2c(=O)cc(O)c3cccn32)cc1. The van der Waals surface area contributed by atoms with Crippen LogP contribution in [0.1, 0.15) is 5.56 Å². The Kier molecular flexibility index (Phi) is 2.95. The summed E-state index contributed by atoms with van der Waals surface area (Å²) in [6, 6.07) is 12.3. The smallest absolute Gasteiger partial charge is 0.269 e. The number of rotatable bonds is 3. The summed E-state index contributed by atoms with van der Waals surface area (Å²) in [5, 5.41) is 9.75. The molecule has 0 spiro atoms. The second-order valence-corrected chi connectivity index (χ2v) is 4.51. The Labute approximate surface area is 115 Å². The van der Waals surface area contributed by atoms with Gasteiger partial charge in [-0.2, -0.15) is 0 Å². The van der Waals surface area contributed by atoms with Gasteiger partial charge in [0, 0.05) is 12.3 Å². The van der Waals surface area contributed by atoms with Crippen molar-refractivity contribution in [2.75, 3.05) is 7.11 Å². The highest BCUT2D eigenvalue weighted by atomic mass is 16.5. The zero-order valence-corrected chi connectivity index (χ0v) is 11.0. The van der Waals surface area contributed by atoms with Gasteiger partial charge in [0.15, 0.2) is 0 Å². The van der Waals surface area contributed by atoms with Gasteiger partial charge in [0.2, 0.25) is 0 Å². The molecule has 3 aromatic rings. The third kappa shape index (κ3) is 2.03. The van der Waals surface area contributed by atoms with Crippen LogP contribution in [0, 0.1) is 0 Å². The van der Waals surface area contributed by atoms with E-state index >= 15 is 0 Å². The van der Waals surface area contributed by atoms with Crippen molar-refractivity contribution in [1.82, 2.24) is 9.20 Å². The maximum absolute atomic E-state index is 12.0. The fraction of sp³-hybridized carbons (Fsp3) is 0.133. The molecule has 0 radical (unpaired) electrons. The quantitative estimate of drug-likeness (QED) is 0.790. The number of benzene rings is 1. The topological polar surface area (TPSA) is 55.9 Å². The van der Waals surface area contributed by atoms with Crippen molar-refractivity contribution in [2.45, 2.75) is 6.54 Å². The highest BCUT2D eigenvalue weighted by Crippen LogP contribution is 2.17. The highest BCUT2D eigenvalue weighted by molar-refractivity contribution is 5.58. The van der Waals surface area contributed by atoms with E-state index in [0.717, 1.165) is 11.3 Å². The molecule has 0 aliphatic rings. The Bertz CT molecular complexity index is 800.